The minimum absolute atomic E-state index is 0.00336. The van der Waals surface area contributed by atoms with Crippen LogP contribution in [0.5, 0.6) is 0 Å². The number of carbonyl (C=O) groups excluding carboxylic acids is 2. The van der Waals surface area contributed by atoms with Crippen LogP contribution in [0.4, 0.5) is 9.59 Å². The van der Waals surface area contributed by atoms with Gasteiger partial charge in [-0.2, -0.15) is 0 Å². The van der Waals surface area contributed by atoms with Gasteiger partial charge in [-0.1, -0.05) is 72.8 Å². The van der Waals surface area contributed by atoms with Crippen LogP contribution in [0.2, 0.25) is 0 Å². The zero-order valence-electron chi connectivity index (χ0n) is 21.8. The summed E-state index contributed by atoms with van der Waals surface area (Å²) < 4.78 is 10.9. The number of alkyl carbamates (subject to hydrolysis) is 2. The van der Waals surface area contributed by atoms with Crippen LogP contribution in [0.15, 0.2) is 72.8 Å². The Morgan fingerprint density at radius 3 is 1.74 bits per heavy atom. The molecule has 0 aliphatic carbocycles. The minimum Gasteiger partial charge on any atom is -0.444 e. The van der Waals surface area contributed by atoms with Gasteiger partial charge in [0, 0.05) is 6.54 Å². The molecule has 0 heterocycles. The molecule has 0 unspecified atom stereocenters. The molecular weight excluding hydrogens is 440 g/mol. The van der Waals surface area contributed by atoms with Gasteiger partial charge in [0.2, 0.25) is 0 Å². The second-order valence-corrected chi connectivity index (χ2v) is 10.7. The molecule has 0 radical (unpaired) electrons. The Kier molecular flexibility index (Phi) is 10.4. The number of hydrogen-bond acceptors (Lipinski definition) is 4. The van der Waals surface area contributed by atoms with Gasteiger partial charge in [0.05, 0.1) is 6.04 Å². The van der Waals surface area contributed by atoms with Gasteiger partial charge in [-0.05, 0) is 71.4 Å². The molecule has 2 N–H and O–H groups in total. The molecular formula is C29H40N2O4. The Bertz CT molecular complexity index is 944. The maximum absolute atomic E-state index is 12.5. The highest BCUT2D eigenvalue weighted by Crippen LogP contribution is 2.14. The van der Waals surface area contributed by atoms with E-state index in [4.69, 9.17) is 9.47 Å². The molecule has 0 aliphatic heterocycles. The molecule has 2 amide bonds. The van der Waals surface area contributed by atoms with Gasteiger partial charge < -0.3 is 20.1 Å². The first-order valence-corrected chi connectivity index (χ1v) is 12.1. The summed E-state index contributed by atoms with van der Waals surface area (Å²) in [5.41, 5.74) is 1.11. The van der Waals surface area contributed by atoms with E-state index in [0.29, 0.717) is 13.0 Å². The van der Waals surface area contributed by atoms with Crippen molar-refractivity contribution in [2.24, 2.45) is 5.92 Å². The zero-order valence-corrected chi connectivity index (χ0v) is 21.8. The van der Waals surface area contributed by atoms with Crippen LogP contribution >= 0.6 is 0 Å². The summed E-state index contributed by atoms with van der Waals surface area (Å²) in [6, 6.07) is 19.8. The first-order valence-electron chi connectivity index (χ1n) is 12.1. The molecule has 2 aromatic carbocycles. The quantitative estimate of drug-likeness (QED) is 0.428. The van der Waals surface area contributed by atoms with E-state index in [1.54, 1.807) is 0 Å². The molecule has 35 heavy (non-hydrogen) atoms. The highest BCUT2D eigenvalue weighted by molar-refractivity contribution is 5.68. The van der Waals surface area contributed by atoms with E-state index >= 15 is 0 Å². The number of carbonyl (C=O) groups is 2. The van der Waals surface area contributed by atoms with E-state index in [1.807, 2.05) is 96.1 Å². The average Bonchev–Trinajstić information content (AvgIpc) is 2.74. The van der Waals surface area contributed by atoms with Crippen LogP contribution in [0.25, 0.3) is 0 Å². The topological polar surface area (TPSA) is 76.7 Å². The molecule has 2 rings (SSSR count). The van der Waals surface area contributed by atoms with Crippen LogP contribution < -0.4 is 10.6 Å². The monoisotopic (exact) mass is 480 g/mol. The molecule has 0 aromatic heterocycles. The maximum atomic E-state index is 12.5. The molecule has 0 spiro atoms. The van der Waals surface area contributed by atoms with Crippen LogP contribution in [0, 0.1) is 5.92 Å². The van der Waals surface area contributed by atoms with Crippen LogP contribution in [0.1, 0.15) is 52.7 Å². The summed E-state index contributed by atoms with van der Waals surface area (Å²) in [6.07, 6.45) is 4.48. The second-order valence-electron chi connectivity index (χ2n) is 10.7. The highest BCUT2D eigenvalue weighted by atomic mass is 16.6. The maximum Gasteiger partial charge on any atom is 0.408 e. The lowest BCUT2D eigenvalue weighted by Gasteiger charge is -2.23. The third kappa shape index (κ3) is 12.7. The molecule has 6 heteroatoms. The molecule has 2 atom stereocenters. The number of ether oxygens (including phenoxy) is 2. The minimum atomic E-state index is -0.585. The lowest BCUT2D eigenvalue weighted by Crippen LogP contribution is -2.39. The number of rotatable bonds is 9. The van der Waals surface area contributed by atoms with Crippen molar-refractivity contribution in [1.82, 2.24) is 10.6 Å². The van der Waals surface area contributed by atoms with Gasteiger partial charge >= 0.3 is 12.2 Å². The molecule has 190 valence electrons. The van der Waals surface area contributed by atoms with Crippen molar-refractivity contribution in [3.05, 3.63) is 83.9 Å². The number of nitrogens with one attached hydrogen (secondary N) is 2. The summed E-state index contributed by atoms with van der Waals surface area (Å²) in [5.74, 6) is 0.00336. The summed E-state index contributed by atoms with van der Waals surface area (Å²) >= 11 is 0. The number of amides is 2. The zero-order chi connectivity index (χ0) is 25.9. The van der Waals surface area contributed by atoms with Crippen molar-refractivity contribution in [2.75, 3.05) is 6.54 Å². The predicted octanol–water partition coefficient (Wildman–Crippen LogP) is 6.06. The fourth-order valence-electron chi connectivity index (χ4n) is 3.44. The van der Waals surface area contributed by atoms with Crippen molar-refractivity contribution >= 4 is 12.2 Å². The smallest absolute Gasteiger partial charge is 0.408 e. The van der Waals surface area contributed by atoms with Crippen molar-refractivity contribution in [3.63, 3.8) is 0 Å². The van der Waals surface area contributed by atoms with Crippen molar-refractivity contribution in [1.29, 1.82) is 0 Å². The largest absolute Gasteiger partial charge is 0.444 e. The van der Waals surface area contributed by atoms with Gasteiger partial charge in [-0.15, -0.1) is 0 Å². The standard InChI is InChI=1S/C29H40N2O4/c1-28(2,3)34-26(32)30-21-24(19-22-13-9-7-10-14-22)17-18-25(20-23-15-11-8-12-16-23)31-27(33)35-29(4,5)6/h7-18,24-25H,19-21H2,1-6H3,(H,30,32)(H,31,33)/b18-17+/t24-,25-/m1/s1. The fourth-order valence-corrected chi connectivity index (χ4v) is 3.44. The third-order valence-corrected chi connectivity index (χ3v) is 4.86. The van der Waals surface area contributed by atoms with Gasteiger partial charge in [0.25, 0.3) is 0 Å². The molecule has 0 aliphatic rings. The Morgan fingerprint density at radius 1 is 0.743 bits per heavy atom. The van der Waals surface area contributed by atoms with Crippen molar-refractivity contribution < 1.29 is 19.1 Å². The Balaban J connectivity index is 2.17. The Morgan fingerprint density at radius 2 is 1.23 bits per heavy atom. The van der Waals surface area contributed by atoms with Gasteiger partial charge in [0.1, 0.15) is 11.2 Å². The first-order chi connectivity index (χ1) is 16.4. The molecule has 6 nitrogen and oxygen atoms in total. The molecule has 0 fully saturated rings. The summed E-state index contributed by atoms with van der Waals surface area (Å²) in [7, 11) is 0. The van der Waals surface area contributed by atoms with Crippen LogP contribution in [-0.2, 0) is 22.3 Å². The normalized spacial score (nSPS) is 13.7. The van der Waals surface area contributed by atoms with Crippen molar-refractivity contribution in [2.45, 2.75) is 71.6 Å². The lowest BCUT2D eigenvalue weighted by molar-refractivity contribution is 0.0508. The van der Waals surface area contributed by atoms with Gasteiger partial charge in [-0.3, -0.25) is 0 Å². The van der Waals surface area contributed by atoms with Gasteiger partial charge in [0.15, 0.2) is 0 Å². The number of benzene rings is 2. The van der Waals surface area contributed by atoms with Crippen molar-refractivity contribution in [3.8, 4) is 0 Å². The van der Waals surface area contributed by atoms with E-state index in [0.717, 1.165) is 17.5 Å². The Hall–Kier alpha value is -3.28. The van der Waals surface area contributed by atoms with E-state index in [9.17, 15) is 9.59 Å². The summed E-state index contributed by atoms with van der Waals surface area (Å²) in [5, 5.41) is 5.86. The van der Waals surface area contributed by atoms with E-state index in [1.165, 1.54) is 0 Å². The lowest BCUT2D eigenvalue weighted by atomic mass is 9.97. The summed E-state index contributed by atoms with van der Waals surface area (Å²) in [6.45, 7) is 11.4. The molecule has 2 aromatic rings. The average molecular weight is 481 g/mol. The summed E-state index contributed by atoms with van der Waals surface area (Å²) in [4.78, 5) is 24.7. The van der Waals surface area contributed by atoms with E-state index in [2.05, 4.69) is 28.8 Å². The highest BCUT2D eigenvalue weighted by Gasteiger charge is 2.20. The SMILES string of the molecule is CC(C)(C)OC(=O)NC[C@H](/C=C/[C@H](Cc1ccccc1)NC(=O)OC(C)(C)C)Cc1ccccc1. The first kappa shape index (κ1) is 28.0. The molecule has 0 saturated heterocycles. The number of hydrogen-bond donors (Lipinski definition) is 2. The van der Waals surface area contributed by atoms with Crippen LogP contribution in [-0.4, -0.2) is 36.0 Å². The third-order valence-electron chi connectivity index (χ3n) is 4.86. The molecule has 0 bridgehead atoms. The molecule has 0 saturated carbocycles. The Labute approximate surface area is 210 Å². The predicted molar refractivity (Wildman–Crippen MR) is 140 cm³/mol. The van der Waals surface area contributed by atoms with Crippen LogP contribution in [0.3, 0.4) is 0 Å². The second kappa shape index (κ2) is 13.0. The van der Waals surface area contributed by atoms with E-state index < -0.39 is 23.4 Å². The fraction of sp³-hybridized carbons (Fsp3) is 0.448. The van der Waals surface area contributed by atoms with E-state index in [-0.39, 0.29) is 12.0 Å². The van der Waals surface area contributed by atoms with Gasteiger partial charge in [-0.25, -0.2) is 9.59 Å².